The van der Waals surface area contributed by atoms with Crippen LogP contribution in [0.4, 0.5) is 10.5 Å². The molecule has 0 saturated carbocycles. The van der Waals surface area contributed by atoms with Gasteiger partial charge in [0.15, 0.2) is 0 Å². The average molecular weight is 311 g/mol. The average Bonchev–Trinajstić information content (AvgIpc) is 2.94. The lowest BCUT2D eigenvalue weighted by atomic mass is 10.1. The van der Waals surface area contributed by atoms with Gasteiger partial charge in [0.05, 0.1) is 0 Å². The van der Waals surface area contributed by atoms with E-state index in [1.54, 1.807) is 29.2 Å². The molecule has 1 heterocycles. The number of hydrogen-bond acceptors (Lipinski definition) is 2. The minimum atomic E-state index is -1.04. The van der Waals surface area contributed by atoms with Gasteiger partial charge in [-0.15, -0.1) is 0 Å². The normalized spacial score (nSPS) is 17.8. The first-order valence-corrected chi connectivity index (χ1v) is 7.43. The Labute approximate surface area is 129 Å². The Morgan fingerprint density at radius 1 is 1.38 bits per heavy atom. The van der Waals surface area contributed by atoms with Crippen molar-refractivity contribution in [1.29, 1.82) is 0 Å². The maximum atomic E-state index is 12.6. The molecule has 2 amide bonds. The first-order valence-electron chi connectivity index (χ1n) is 7.05. The van der Waals surface area contributed by atoms with Gasteiger partial charge in [0.2, 0.25) is 0 Å². The Bertz CT molecular complexity index is 518. The Morgan fingerprint density at radius 2 is 2.05 bits per heavy atom. The molecular formula is C15H19ClN2O3. The quantitative estimate of drug-likeness (QED) is 0.929. The number of nitrogens with zero attached hydrogens (tertiary/aromatic N) is 2. The number of carbonyl (C=O) groups excluding carboxylic acids is 1. The van der Waals surface area contributed by atoms with Gasteiger partial charge in [0, 0.05) is 23.8 Å². The van der Waals surface area contributed by atoms with Crippen LogP contribution in [0.2, 0.25) is 5.02 Å². The number of carboxylic acids is 1. The molecule has 0 spiro atoms. The van der Waals surface area contributed by atoms with Crippen LogP contribution in [0.5, 0.6) is 0 Å². The zero-order chi connectivity index (χ0) is 15.4. The summed E-state index contributed by atoms with van der Waals surface area (Å²) >= 11 is 5.84. The summed E-state index contributed by atoms with van der Waals surface area (Å²) in [5, 5.41) is 9.60. The lowest BCUT2D eigenvalue weighted by Gasteiger charge is -2.27. The monoisotopic (exact) mass is 310 g/mol. The molecule has 2 rings (SSSR count). The van der Waals surface area contributed by atoms with Crippen LogP contribution in [-0.4, -0.2) is 41.6 Å². The van der Waals surface area contributed by atoms with Gasteiger partial charge in [0.1, 0.15) is 6.54 Å². The molecule has 1 unspecified atom stereocenters. The standard InChI is InChI=1S/C15H19ClN2O3/c1-2-11-7-8-17(9-11)15(21)18(10-14(19)20)13-5-3-12(16)4-6-13/h3-6,11H,2,7-10H2,1H3,(H,19,20). The number of urea groups is 1. The molecule has 0 aromatic heterocycles. The van der Waals surface area contributed by atoms with Crippen molar-refractivity contribution in [1.82, 2.24) is 4.90 Å². The highest BCUT2D eigenvalue weighted by Crippen LogP contribution is 2.24. The third-order valence-corrected chi connectivity index (χ3v) is 4.05. The second-order valence-corrected chi connectivity index (χ2v) is 5.68. The highest BCUT2D eigenvalue weighted by molar-refractivity contribution is 6.30. The van der Waals surface area contributed by atoms with Gasteiger partial charge in [0.25, 0.3) is 0 Å². The summed E-state index contributed by atoms with van der Waals surface area (Å²) in [5.74, 6) is -0.532. The molecule has 114 valence electrons. The number of benzene rings is 1. The molecule has 21 heavy (non-hydrogen) atoms. The topological polar surface area (TPSA) is 60.9 Å². The van der Waals surface area contributed by atoms with E-state index < -0.39 is 5.97 Å². The molecule has 1 N–H and O–H groups in total. The summed E-state index contributed by atoms with van der Waals surface area (Å²) in [5.41, 5.74) is 0.548. The van der Waals surface area contributed by atoms with E-state index in [2.05, 4.69) is 6.92 Å². The molecular weight excluding hydrogens is 292 g/mol. The zero-order valence-corrected chi connectivity index (χ0v) is 12.7. The Balaban J connectivity index is 2.17. The molecule has 1 atom stereocenters. The fraction of sp³-hybridized carbons (Fsp3) is 0.467. The number of carboxylic acid groups (broad SMARTS) is 1. The van der Waals surface area contributed by atoms with Crippen LogP contribution in [0.1, 0.15) is 19.8 Å². The van der Waals surface area contributed by atoms with Crippen molar-refractivity contribution in [2.45, 2.75) is 19.8 Å². The highest BCUT2D eigenvalue weighted by atomic mass is 35.5. The minimum Gasteiger partial charge on any atom is -0.480 e. The number of likely N-dealkylation sites (tertiary alicyclic amines) is 1. The lowest BCUT2D eigenvalue weighted by Crippen LogP contribution is -2.44. The highest BCUT2D eigenvalue weighted by Gasteiger charge is 2.30. The van der Waals surface area contributed by atoms with Crippen molar-refractivity contribution in [3.05, 3.63) is 29.3 Å². The fourth-order valence-electron chi connectivity index (χ4n) is 2.54. The van der Waals surface area contributed by atoms with Crippen LogP contribution in [0.25, 0.3) is 0 Å². The third kappa shape index (κ3) is 3.88. The summed E-state index contributed by atoms with van der Waals surface area (Å²) in [7, 11) is 0. The molecule has 0 aliphatic carbocycles. The van der Waals surface area contributed by atoms with Crippen LogP contribution in [-0.2, 0) is 4.79 Å². The smallest absolute Gasteiger partial charge is 0.325 e. The summed E-state index contributed by atoms with van der Waals surface area (Å²) in [6.45, 7) is 3.13. The van der Waals surface area contributed by atoms with Gasteiger partial charge < -0.3 is 10.0 Å². The SMILES string of the molecule is CCC1CCN(C(=O)N(CC(=O)O)c2ccc(Cl)cc2)C1. The molecule has 1 saturated heterocycles. The number of anilines is 1. The van der Waals surface area contributed by atoms with Crippen molar-refractivity contribution >= 4 is 29.3 Å². The van der Waals surface area contributed by atoms with E-state index in [0.29, 0.717) is 29.7 Å². The second kappa shape index (κ2) is 6.80. The largest absolute Gasteiger partial charge is 0.480 e. The van der Waals surface area contributed by atoms with E-state index in [4.69, 9.17) is 16.7 Å². The number of rotatable bonds is 4. The summed E-state index contributed by atoms with van der Waals surface area (Å²) in [6.07, 6.45) is 2.01. The fourth-order valence-corrected chi connectivity index (χ4v) is 2.66. The number of carbonyl (C=O) groups is 2. The van der Waals surface area contributed by atoms with Crippen molar-refractivity contribution in [2.75, 3.05) is 24.5 Å². The molecule has 0 bridgehead atoms. The van der Waals surface area contributed by atoms with Gasteiger partial charge in [-0.1, -0.05) is 24.9 Å². The zero-order valence-electron chi connectivity index (χ0n) is 12.0. The summed E-state index contributed by atoms with van der Waals surface area (Å²) < 4.78 is 0. The second-order valence-electron chi connectivity index (χ2n) is 5.25. The number of amides is 2. The molecule has 1 fully saturated rings. The number of aliphatic carboxylic acids is 1. The predicted octanol–water partition coefficient (Wildman–Crippen LogP) is 3.08. The van der Waals surface area contributed by atoms with E-state index in [-0.39, 0.29) is 12.6 Å². The lowest BCUT2D eigenvalue weighted by molar-refractivity contribution is -0.135. The maximum Gasteiger partial charge on any atom is 0.325 e. The van der Waals surface area contributed by atoms with Gasteiger partial charge >= 0.3 is 12.0 Å². The van der Waals surface area contributed by atoms with E-state index in [1.807, 2.05) is 0 Å². The van der Waals surface area contributed by atoms with E-state index in [1.165, 1.54) is 4.90 Å². The van der Waals surface area contributed by atoms with Crippen molar-refractivity contribution in [3.8, 4) is 0 Å². The molecule has 1 aliphatic heterocycles. The van der Waals surface area contributed by atoms with E-state index >= 15 is 0 Å². The van der Waals surface area contributed by atoms with Crippen LogP contribution in [0.15, 0.2) is 24.3 Å². The van der Waals surface area contributed by atoms with Gasteiger partial charge in [-0.2, -0.15) is 0 Å². The number of halogens is 1. The van der Waals surface area contributed by atoms with Crippen LogP contribution in [0, 0.1) is 5.92 Å². The Morgan fingerprint density at radius 3 is 2.57 bits per heavy atom. The van der Waals surface area contributed by atoms with Crippen molar-refractivity contribution in [3.63, 3.8) is 0 Å². The van der Waals surface area contributed by atoms with Crippen LogP contribution < -0.4 is 4.90 Å². The molecule has 1 aromatic rings. The predicted molar refractivity (Wildman–Crippen MR) is 81.8 cm³/mol. The van der Waals surface area contributed by atoms with Crippen molar-refractivity contribution < 1.29 is 14.7 Å². The maximum absolute atomic E-state index is 12.6. The van der Waals surface area contributed by atoms with Gasteiger partial charge in [-0.05, 0) is 36.6 Å². The number of hydrogen-bond donors (Lipinski definition) is 1. The molecule has 0 radical (unpaired) electrons. The van der Waals surface area contributed by atoms with E-state index in [0.717, 1.165) is 12.8 Å². The Kier molecular flexibility index (Phi) is 5.07. The third-order valence-electron chi connectivity index (χ3n) is 3.80. The molecule has 1 aromatic carbocycles. The first-order chi connectivity index (χ1) is 10.0. The first kappa shape index (κ1) is 15.6. The van der Waals surface area contributed by atoms with Gasteiger partial charge in [-0.3, -0.25) is 9.69 Å². The van der Waals surface area contributed by atoms with Crippen LogP contribution in [0.3, 0.4) is 0 Å². The molecule has 5 nitrogen and oxygen atoms in total. The van der Waals surface area contributed by atoms with Gasteiger partial charge in [-0.25, -0.2) is 4.79 Å². The summed E-state index contributed by atoms with van der Waals surface area (Å²) in [4.78, 5) is 26.7. The van der Waals surface area contributed by atoms with E-state index in [9.17, 15) is 9.59 Å². The van der Waals surface area contributed by atoms with Crippen molar-refractivity contribution in [2.24, 2.45) is 5.92 Å². The summed E-state index contributed by atoms with van der Waals surface area (Å²) in [6, 6.07) is 6.37. The molecule has 1 aliphatic rings. The molecule has 6 heteroatoms. The minimum absolute atomic E-state index is 0.254. The van der Waals surface area contributed by atoms with Crippen LogP contribution >= 0.6 is 11.6 Å². The Hall–Kier alpha value is -1.75.